The van der Waals surface area contributed by atoms with Gasteiger partial charge in [0.2, 0.25) is 0 Å². The van der Waals surface area contributed by atoms with Gasteiger partial charge >= 0.3 is 5.97 Å². The number of amides is 1. The van der Waals surface area contributed by atoms with Gasteiger partial charge in [-0.15, -0.1) is 0 Å². The fraction of sp³-hybridized carbons (Fsp3) is 0.467. The summed E-state index contributed by atoms with van der Waals surface area (Å²) >= 11 is 0. The maximum Gasteiger partial charge on any atom is 0.326 e. The lowest BCUT2D eigenvalue weighted by molar-refractivity contribution is -0.139. The molecule has 0 aliphatic heterocycles. The minimum atomic E-state index is -0.993. The van der Waals surface area contributed by atoms with Crippen LogP contribution in [0, 0.1) is 0 Å². The van der Waals surface area contributed by atoms with E-state index in [2.05, 4.69) is 10.6 Å². The fourth-order valence-electron chi connectivity index (χ4n) is 2.00. The highest BCUT2D eigenvalue weighted by Crippen LogP contribution is 2.10. The van der Waals surface area contributed by atoms with Crippen LogP contribution >= 0.6 is 0 Å². The Labute approximate surface area is 119 Å². The van der Waals surface area contributed by atoms with Crippen LogP contribution in [0.2, 0.25) is 0 Å². The van der Waals surface area contributed by atoms with Crippen LogP contribution in [0.4, 0.5) is 0 Å². The Morgan fingerprint density at radius 1 is 1.30 bits per heavy atom. The highest BCUT2D eigenvalue weighted by atomic mass is 16.4. The van der Waals surface area contributed by atoms with Crippen molar-refractivity contribution in [3.05, 3.63) is 35.4 Å². The van der Waals surface area contributed by atoms with Gasteiger partial charge in [-0.3, -0.25) is 4.79 Å². The minimum absolute atomic E-state index is 0.322. The second-order valence-electron chi connectivity index (χ2n) is 4.66. The molecule has 0 saturated carbocycles. The van der Waals surface area contributed by atoms with Gasteiger partial charge < -0.3 is 15.7 Å². The van der Waals surface area contributed by atoms with Crippen molar-refractivity contribution in [3.8, 4) is 0 Å². The van der Waals surface area contributed by atoms with Gasteiger partial charge in [0.1, 0.15) is 6.04 Å². The van der Waals surface area contributed by atoms with E-state index < -0.39 is 12.0 Å². The zero-order valence-electron chi connectivity index (χ0n) is 12.0. The highest BCUT2D eigenvalue weighted by molar-refractivity contribution is 5.97. The number of hydrogen-bond acceptors (Lipinski definition) is 3. The van der Waals surface area contributed by atoms with Crippen molar-refractivity contribution >= 4 is 11.9 Å². The Balaban J connectivity index is 2.82. The smallest absolute Gasteiger partial charge is 0.326 e. The molecule has 3 N–H and O–H groups in total. The summed E-state index contributed by atoms with van der Waals surface area (Å²) in [5.74, 6) is -1.31. The Kier molecular flexibility index (Phi) is 6.73. The first-order valence-corrected chi connectivity index (χ1v) is 6.86. The predicted octanol–water partition coefficient (Wildman–Crippen LogP) is 1.43. The number of aliphatic carboxylic acids is 1. The molecule has 0 unspecified atom stereocenters. The van der Waals surface area contributed by atoms with Crippen molar-refractivity contribution in [2.45, 2.75) is 32.2 Å². The summed E-state index contributed by atoms with van der Waals surface area (Å²) in [4.78, 5) is 23.3. The number of carbonyl (C=O) groups excluding carboxylic acids is 1. The normalized spacial score (nSPS) is 11.9. The molecule has 0 aliphatic carbocycles. The van der Waals surface area contributed by atoms with Crippen molar-refractivity contribution in [2.24, 2.45) is 0 Å². The molecule has 5 nitrogen and oxygen atoms in total. The molecule has 1 atom stereocenters. The topological polar surface area (TPSA) is 78.4 Å². The molecular weight excluding hydrogens is 256 g/mol. The van der Waals surface area contributed by atoms with E-state index in [9.17, 15) is 9.59 Å². The van der Waals surface area contributed by atoms with Crippen LogP contribution in [0.15, 0.2) is 24.3 Å². The van der Waals surface area contributed by atoms with Gasteiger partial charge in [-0.2, -0.15) is 0 Å². The first-order valence-electron chi connectivity index (χ1n) is 6.86. The van der Waals surface area contributed by atoms with Crippen LogP contribution in [0.25, 0.3) is 0 Å². The fourth-order valence-corrected chi connectivity index (χ4v) is 2.00. The predicted molar refractivity (Wildman–Crippen MR) is 77.9 cm³/mol. The van der Waals surface area contributed by atoms with E-state index in [0.29, 0.717) is 18.4 Å². The van der Waals surface area contributed by atoms with Gasteiger partial charge in [0.05, 0.1) is 0 Å². The summed E-state index contributed by atoms with van der Waals surface area (Å²) in [5.41, 5.74) is 1.46. The Hall–Kier alpha value is -1.88. The summed E-state index contributed by atoms with van der Waals surface area (Å²) in [6.45, 7) is 2.66. The molecule has 1 aromatic carbocycles. The maximum atomic E-state index is 12.2. The third kappa shape index (κ3) is 4.66. The van der Waals surface area contributed by atoms with E-state index in [1.807, 2.05) is 26.1 Å². The number of nitrogens with one attached hydrogen (secondary N) is 2. The molecule has 0 fully saturated rings. The van der Waals surface area contributed by atoms with E-state index in [-0.39, 0.29) is 5.91 Å². The second-order valence-corrected chi connectivity index (χ2v) is 4.66. The molecule has 0 radical (unpaired) electrons. The average Bonchev–Trinajstić information content (AvgIpc) is 2.44. The first kappa shape index (κ1) is 16.2. The van der Waals surface area contributed by atoms with E-state index in [1.54, 1.807) is 12.1 Å². The molecule has 0 spiro atoms. The molecule has 1 amide bonds. The molecule has 0 saturated heterocycles. The van der Waals surface area contributed by atoms with E-state index in [0.717, 1.165) is 18.5 Å². The lowest BCUT2D eigenvalue weighted by atomic mass is 10.0. The number of benzene rings is 1. The first-order chi connectivity index (χ1) is 9.60. The zero-order chi connectivity index (χ0) is 15.0. The third-order valence-electron chi connectivity index (χ3n) is 3.09. The van der Waals surface area contributed by atoms with Crippen molar-refractivity contribution in [1.29, 1.82) is 0 Å². The Morgan fingerprint density at radius 3 is 2.60 bits per heavy atom. The van der Waals surface area contributed by atoms with Crippen LogP contribution in [0.3, 0.4) is 0 Å². The zero-order valence-corrected chi connectivity index (χ0v) is 12.0. The molecule has 0 heterocycles. The van der Waals surface area contributed by atoms with Crippen LogP contribution in [-0.4, -0.2) is 36.6 Å². The molecule has 1 rings (SSSR count). The van der Waals surface area contributed by atoms with E-state index in [1.165, 1.54) is 0 Å². The summed E-state index contributed by atoms with van der Waals surface area (Å²) in [6.07, 6.45) is 1.87. The largest absolute Gasteiger partial charge is 0.480 e. The van der Waals surface area contributed by atoms with Crippen molar-refractivity contribution in [1.82, 2.24) is 10.6 Å². The van der Waals surface area contributed by atoms with Crippen LogP contribution < -0.4 is 10.6 Å². The number of hydrogen-bond donors (Lipinski definition) is 3. The van der Waals surface area contributed by atoms with E-state index >= 15 is 0 Å². The molecule has 110 valence electrons. The van der Waals surface area contributed by atoms with Gasteiger partial charge in [-0.05, 0) is 38.1 Å². The number of carbonyl (C=O) groups is 2. The lowest BCUT2D eigenvalue weighted by Crippen LogP contribution is -2.41. The molecule has 0 bridgehead atoms. The van der Waals surface area contributed by atoms with Gasteiger partial charge in [-0.1, -0.05) is 31.5 Å². The minimum Gasteiger partial charge on any atom is -0.480 e. The monoisotopic (exact) mass is 278 g/mol. The Morgan fingerprint density at radius 2 is 2.00 bits per heavy atom. The molecule has 5 heteroatoms. The number of likely N-dealkylation sites (N-methyl/N-ethyl adjacent to an activating group) is 1. The Bertz CT molecular complexity index is 460. The summed E-state index contributed by atoms with van der Waals surface area (Å²) < 4.78 is 0. The maximum absolute atomic E-state index is 12.2. The summed E-state index contributed by atoms with van der Waals surface area (Å²) in [7, 11) is 1.85. The van der Waals surface area contributed by atoms with Gasteiger partial charge in [0.25, 0.3) is 5.91 Å². The standard InChI is InChI=1S/C15H22N2O3/c1-3-6-13(15(19)20)17-14(18)12-8-5-4-7-11(12)9-10-16-2/h4-5,7-8,13,16H,3,6,9-10H2,1-2H3,(H,17,18)(H,19,20)/t13-/m1/s1. The van der Waals surface area contributed by atoms with Crippen LogP contribution in [0.5, 0.6) is 0 Å². The lowest BCUT2D eigenvalue weighted by Gasteiger charge is -2.15. The summed E-state index contributed by atoms with van der Waals surface area (Å²) in [6, 6.07) is 6.45. The molecule has 0 aliphatic rings. The number of rotatable bonds is 8. The third-order valence-corrected chi connectivity index (χ3v) is 3.09. The van der Waals surface area contributed by atoms with Gasteiger partial charge in [0, 0.05) is 5.56 Å². The van der Waals surface area contributed by atoms with Crippen LogP contribution in [-0.2, 0) is 11.2 Å². The second kappa shape index (κ2) is 8.32. The molecule has 20 heavy (non-hydrogen) atoms. The van der Waals surface area contributed by atoms with Crippen molar-refractivity contribution in [3.63, 3.8) is 0 Å². The quantitative estimate of drug-likeness (QED) is 0.672. The van der Waals surface area contributed by atoms with Crippen molar-refractivity contribution < 1.29 is 14.7 Å². The SMILES string of the molecule is CCC[C@@H](NC(=O)c1ccccc1CCNC)C(=O)O. The van der Waals surface area contributed by atoms with E-state index in [4.69, 9.17) is 5.11 Å². The van der Waals surface area contributed by atoms with Gasteiger partial charge in [0.15, 0.2) is 0 Å². The van der Waals surface area contributed by atoms with Gasteiger partial charge in [-0.25, -0.2) is 4.79 Å². The average molecular weight is 278 g/mol. The molecule has 0 aromatic heterocycles. The van der Waals surface area contributed by atoms with Crippen molar-refractivity contribution in [2.75, 3.05) is 13.6 Å². The molecule has 1 aromatic rings. The number of carboxylic acid groups (broad SMARTS) is 1. The molecular formula is C15H22N2O3. The highest BCUT2D eigenvalue weighted by Gasteiger charge is 2.20. The summed E-state index contributed by atoms with van der Waals surface area (Å²) in [5, 5.41) is 14.7. The van der Waals surface area contributed by atoms with Crippen LogP contribution in [0.1, 0.15) is 35.7 Å². The number of carboxylic acids is 1.